The summed E-state index contributed by atoms with van der Waals surface area (Å²) in [5, 5.41) is 2.58. The molecule has 1 aromatic rings. The van der Waals surface area contributed by atoms with Crippen LogP contribution in [0.5, 0.6) is 0 Å². The van der Waals surface area contributed by atoms with Gasteiger partial charge >= 0.3 is 0 Å². The smallest absolute Gasteiger partial charge is 0.244 e. The number of benzene rings is 1. The van der Waals surface area contributed by atoms with Crippen LogP contribution in [0.25, 0.3) is 0 Å². The van der Waals surface area contributed by atoms with Crippen molar-refractivity contribution in [2.75, 3.05) is 5.75 Å². The standard InChI is InChI=1S/C16H21FN2O2S/c1-10(20)19-13(14(21)18-16(2,3)4)9-22-15(19)11-6-5-7-12(17)8-11/h5-8,13,15H,9H2,1-4H3,(H,18,21). The van der Waals surface area contributed by atoms with Crippen LogP contribution in [0.4, 0.5) is 4.39 Å². The lowest BCUT2D eigenvalue weighted by molar-refractivity contribution is -0.138. The summed E-state index contributed by atoms with van der Waals surface area (Å²) in [5.74, 6) is -0.200. The van der Waals surface area contributed by atoms with Crippen LogP contribution in [0.3, 0.4) is 0 Å². The molecule has 4 nitrogen and oxygen atoms in total. The molecule has 2 rings (SSSR count). The van der Waals surface area contributed by atoms with E-state index in [1.165, 1.54) is 30.8 Å². The second-order valence-corrected chi connectivity index (χ2v) is 7.54. The number of carbonyl (C=O) groups is 2. The second kappa shape index (κ2) is 6.28. The van der Waals surface area contributed by atoms with Crippen molar-refractivity contribution in [2.24, 2.45) is 0 Å². The van der Waals surface area contributed by atoms with Gasteiger partial charge in [-0.2, -0.15) is 0 Å². The monoisotopic (exact) mass is 324 g/mol. The van der Waals surface area contributed by atoms with E-state index in [4.69, 9.17) is 0 Å². The third-order valence-corrected chi connectivity index (χ3v) is 4.62. The lowest BCUT2D eigenvalue weighted by Gasteiger charge is -2.30. The molecule has 0 aromatic heterocycles. The Morgan fingerprint density at radius 2 is 2.05 bits per heavy atom. The number of hydrogen-bond donors (Lipinski definition) is 1. The molecule has 0 aliphatic carbocycles. The SMILES string of the molecule is CC(=O)N1C(C(=O)NC(C)(C)C)CSC1c1cccc(F)c1. The van der Waals surface area contributed by atoms with Gasteiger partial charge < -0.3 is 10.2 Å². The first kappa shape index (κ1) is 16.8. The van der Waals surface area contributed by atoms with Gasteiger partial charge in [0.2, 0.25) is 11.8 Å². The summed E-state index contributed by atoms with van der Waals surface area (Å²) >= 11 is 1.48. The zero-order valence-electron chi connectivity index (χ0n) is 13.2. The van der Waals surface area contributed by atoms with Gasteiger partial charge in [-0.25, -0.2) is 4.39 Å². The minimum atomic E-state index is -0.532. The van der Waals surface area contributed by atoms with Crippen molar-refractivity contribution in [3.8, 4) is 0 Å². The Hall–Kier alpha value is -1.56. The van der Waals surface area contributed by atoms with Crippen LogP contribution < -0.4 is 5.32 Å². The minimum absolute atomic E-state index is 0.172. The molecule has 0 bridgehead atoms. The molecule has 1 heterocycles. The van der Waals surface area contributed by atoms with E-state index in [9.17, 15) is 14.0 Å². The van der Waals surface area contributed by atoms with Crippen molar-refractivity contribution in [1.82, 2.24) is 10.2 Å². The molecule has 6 heteroatoms. The third kappa shape index (κ3) is 3.80. The molecule has 22 heavy (non-hydrogen) atoms. The molecule has 1 saturated heterocycles. The van der Waals surface area contributed by atoms with Crippen LogP contribution in [0.2, 0.25) is 0 Å². The van der Waals surface area contributed by atoms with Crippen molar-refractivity contribution in [1.29, 1.82) is 0 Å². The summed E-state index contributed by atoms with van der Waals surface area (Å²) in [6.07, 6.45) is 0. The maximum atomic E-state index is 13.4. The Kier molecular flexibility index (Phi) is 4.80. The first-order chi connectivity index (χ1) is 10.2. The highest BCUT2D eigenvalue weighted by atomic mass is 32.2. The average molecular weight is 324 g/mol. The molecule has 1 fully saturated rings. The Balaban J connectivity index is 2.25. The van der Waals surface area contributed by atoms with Gasteiger partial charge in [-0.1, -0.05) is 12.1 Å². The molecular weight excluding hydrogens is 303 g/mol. The predicted molar refractivity (Wildman–Crippen MR) is 85.8 cm³/mol. The molecular formula is C16H21FN2O2S. The van der Waals surface area contributed by atoms with E-state index in [-0.39, 0.29) is 28.5 Å². The lowest BCUT2D eigenvalue weighted by Crippen LogP contribution is -2.52. The van der Waals surface area contributed by atoms with E-state index in [1.54, 1.807) is 17.0 Å². The van der Waals surface area contributed by atoms with Gasteiger partial charge in [0.25, 0.3) is 0 Å². The molecule has 120 valence electrons. The summed E-state index contributed by atoms with van der Waals surface area (Å²) in [6.45, 7) is 7.13. The van der Waals surface area contributed by atoms with E-state index >= 15 is 0 Å². The van der Waals surface area contributed by atoms with E-state index in [0.717, 1.165) is 0 Å². The van der Waals surface area contributed by atoms with Gasteiger partial charge in [-0.3, -0.25) is 9.59 Å². The van der Waals surface area contributed by atoms with Crippen molar-refractivity contribution < 1.29 is 14.0 Å². The van der Waals surface area contributed by atoms with Crippen LogP contribution in [0.15, 0.2) is 24.3 Å². The fraction of sp³-hybridized carbons (Fsp3) is 0.500. The molecule has 2 atom stereocenters. The van der Waals surface area contributed by atoms with Crippen LogP contribution in [-0.4, -0.2) is 34.0 Å². The van der Waals surface area contributed by atoms with E-state index in [0.29, 0.717) is 11.3 Å². The summed E-state index contributed by atoms with van der Waals surface area (Å²) in [7, 11) is 0. The molecule has 1 aliphatic rings. The number of nitrogens with zero attached hydrogens (tertiary/aromatic N) is 1. The topological polar surface area (TPSA) is 49.4 Å². The normalized spacial score (nSPS) is 21.8. The van der Waals surface area contributed by atoms with Crippen molar-refractivity contribution >= 4 is 23.6 Å². The molecule has 0 saturated carbocycles. The number of rotatable bonds is 2. The molecule has 1 aromatic carbocycles. The van der Waals surface area contributed by atoms with Crippen molar-refractivity contribution in [3.63, 3.8) is 0 Å². The number of carbonyl (C=O) groups excluding carboxylic acids is 2. The number of thioether (sulfide) groups is 1. The minimum Gasteiger partial charge on any atom is -0.350 e. The average Bonchev–Trinajstić information content (AvgIpc) is 2.81. The van der Waals surface area contributed by atoms with Gasteiger partial charge in [0.05, 0.1) is 0 Å². The van der Waals surface area contributed by atoms with Crippen molar-refractivity contribution in [3.05, 3.63) is 35.6 Å². The zero-order valence-corrected chi connectivity index (χ0v) is 14.0. The highest BCUT2D eigenvalue weighted by molar-refractivity contribution is 7.99. The Morgan fingerprint density at radius 3 is 2.59 bits per heavy atom. The predicted octanol–water partition coefficient (Wildman–Crippen LogP) is 2.70. The molecule has 2 amide bonds. The first-order valence-corrected chi connectivity index (χ1v) is 8.22. The molecule has 1 N–H and O–H groups in total. The quantitative estimate of drug-likeness (QED) is 0.910. The fourth-order valence-electron chi connectivity index (χ4n) is 2.46. The van der Waals surface area contributed by atoms with Crippen LogP contribution in [0.1, 0.15) is 38.6 Å². The van der Waals surface area contributed by atoms with Crippen molar-refractivity contribution in [2.45, 2.75) is 44.6 Å². The van der Waals surface area contributed by atoms with Gasteiger partial charge in [0.1, 0.15) is 17.2 Å². The third-order valence-electron chi connectivity index (χ3n) is 3.30. The second-order valence-electron chi connectivity index (χ2n) is 6.42. The van der Waals surface area contributed by atoms with Crippen LogP contribution in [0, 0.1) is 5.82 Å². The number of halogens is 1. The Bertz CT molecular complexity index is 586. The summed E-state index contributed by atoms with van der Waals surface area (Å²) in [4.78, 5) is 26.0. The highest BCUT2D eigenvalue weighted by Gasteiger charge is 2.41. The van der Waals surface area contributed by atoms with Gasteiger partial charge in [-0.05, 0) is 38.5 Å². The van der Waals surface area contributed by atoms with Gasteiger partial charge in [-0.15, -0.1) is 11.8 Å². The molecule has 0 radical (unpaired) electrons. The maximum absolute atomic E-state index is 13.4. The molecule has 2 unspecified atom stereocenters. The maximum Gasteiger partial charge on any atom is 0.244 e. The Labute approximate surface area is 134 Å². The van der Waals surface area contributed by atoms with E-state index in [2.05, 4.69) is 5.32 Å². The zero-order chi connectivity index (χ0) is 16.5. The van der Waals surface area contributed by atoms with E-state index in [1.807, 2.05) is 20.8 Å². The number of nitrogens with one attached hydrogen (secondary N) is 1. The molecule has 0 spiro atoms. The number of amides is 2. The summed E-state index contributed by atoms with van der Waals surface area (Å²) in [5.41, 5.74) is 0.340. The van der Waals surface area contributed by atoms with Crippen LogP contribution >= 0.6 is 11.8 Å². The highest BCUT2D eigenvalue weighted by Crippen LogP contribution is 2.41. The largest absolute Gasteiger partial charge is 0.350 e. The van der Waals surface area contributed by atoms with Gasteiger partial charge in [0.15, 0.2) is 0 Å². The van der Waals surface area contributed by atoms with E-state index < -0.39 is 6.04 Å². The lowest BCUT2D eigenvalue weighted by atomic mass is 10.1. The van der Waals surface area contributed by atoms with Crippen LogP contribution in [-0.2, 0) is 9.59 Å². The summed E-state index contributed by atoms with van der Waals surface area (Å²) in [6, 6.07) is 5.64. The van der Waals surface area contributed by atoms with Gasteiger partial charge in [0, 0.05) is 18.2 Å². The fourth-order valence-corrected chi connectivity index (χ4v) is 3.93. The first-order valence-electron chi connectivity index (χ1n) is 7.17. The molecule has 1 aliphatic heterocycles. The Morgan fingerprint density at radius 1 is 1.36 bits per heavy atom. The summed E-state index contributed by atoms with van der Waals surface area (Å²) < 4.78 is 13.4. The number of hydrogen-bond acceptors (Lipinski definition) is 3.